The molecule has 0 aromatic heterocycles. The monoisotopic (exact) mass is 273 g/mol. The molecule has 1 fully saturated rings. The fourth-order valence-corrected chi connectivity index (χ4v) is 3.53. The Morgan fingerprint density at radius 1 is 1.15 bits per heavy atom. The smallest absolute Gasteiger partial charge is 0.0104 e. The van der Waals surface area contributed by atoms with Crippen LogP contribution < -0.4 is 5.32 Å². The lowest BCUT2D eigenvalue weighted by atomic mass is 9.93. The SMILES string of the molecule is CCCNC(CC(C)CCC)C1CC1c1ccccc1. The molecule has 0 spiro atoms. The first-order valence-electron chi connectivity index (χ1n) is 8.54. The Morgan fingerprint density at radius 3 is 2.55 bits per heavy atom. The Labute approximate surface area is 125 Å². The van der Waals surface area contributed by atoms with Crippen LogP contribution in [0.15, 0.2) is 30.3 Å². The van der Waals surface area contributed by atoms with Gasteiger partial charge in [-0.15, -0.1) is 0 Å². The number of nitrogens with one attached hydrogen (secondary N) is 1. The van der Waals surface area contributed by atoms with E-state index in [1.165, 1.54) is 38.6 Å². The molecule has 1 nitrogen and oxygen atoms in total. The summed E-state index contributed by atoms with van der Waals surface area (Å²) < 4.78 is 0. The molecule has 1 saturated carbocycles. The second kappa shape index (κ2) is 7.83. The van der Waals surface area contributed by atoms with Crippen molar-refractivity contribution in [1.82, 2.24) is 5.32 Å². The van der Waals surface area contributed by atoms with Gasteiger partial charge in [0.15, 0.2) is 0 Å². The predicted octanol–water partition coefficient (Wildman–Crippen LogP) is 4.98. The van der Waals surface area contributed by atoms with Gasteiger partial charge in [0.2, 0.25) is 0 Å². The quantitative estimate of drug-likeness (QED) is 0.668. The van der Waals surface area contributed by atoms with E-state index in [2.05, 4.69) is 56.4 Å². The van der Waals surface area contributed by atoms with Crippen LogP contribution in [-0.4, -0.2) is 12.6 Å². The molecule has 1 aromatic rings. The molecule has 0 bridgehead atoms. The van der Waals surface area contributed by atoms with Crippen molar-refractivity contribution in [3.63, 3.8) is 0 Å². The van der Waals surface area contributed by atoms with Crippen molar-refractivity contribution in [1.29, 1.82) is 0 Å². The van der Waals surface area contributed by atoms with E-state index in [1.807, 2.05) is 0 Å². The number of hydrogen-bond acceptors (Lipinski definition) is 1. The Morgan fingerprint density at radius 2 is 1.90 bits per heavy atom. The first-order chi connectivity index (χ1) is 9.76. The van der Waals surface area contributed by atoms with Gasteiger partial charge in [0.1, 0.15) is 0 Å². The van der Waals surface area contributed by atoms with Crippen molar-refractivity contribution in [3.8, 4) is 0 Å². The van der Waals surface area contributed by atoms with Crippen molar-refractivity contribution in [2.45, 2.75) is 64.8 Å². The lowest BCUT2D eigenvalue weighted by Crippen LogP contribution is -2.33. The topological polar surface area (TPSA) is 12.0 Å². The minimum atomic E-state index is 0.724. The number of rotatable bonds is 9. The van der Waals surface area contributed by atoms with Crippen molar-refractivity contribution in [2.24, 2.45) is 11.8 Å². The Balaban J connectivity index is 1.91. The zero-order valence-electron chi connectivity index (χ0n) is 13.4. The Bertz CT molecular complexity index is 373. The molecule has 0 amide bonds. The summed E-state index contributed by atoms with van der Waals surface area (Å²) in [5, 5.41) is 3.82. The van der Waals surface area contributed by atoms with E-state index in [-0.39, 0.29) is 0 Å². The molecule has 112 valence electrons. The van der Waals surface area contributed by atoms with Crippen molar-refractivity contribution in [2.75, 3.05) is 6.54 Å². The van der Waals surface area contributed by atoms with Crippen LogP contribution in [0.25, 0.3) is 0 Å². The van der Waals surface area contributed by atoms with Crippen LogP contribution in [0, 0.1) is 11.8 Å². The highest BCUT2D eigenvalue weighted by molar-refractivity contribution is 5.26. The maximum Gasteiger partial charge on any atom is 0.0104 e. The zero-order valence-corrected chi connectivity index (χ0v) is 13.4. The van der Waals surface area contributed by atoms with E-state index in [0.717, 1.165) is 23.8 Å². The van der Waals surface area contributed by atoms with Gasteiger partial charge >= 0.3 is 0 Å². The summed E-state index contributed by atoms with van der Waals surface area (Å²) >= 11 is 0. The molecule has 1 N–H and O–H groups in total. The first kappa shape index (κ1) is 15.6. The Kier molecular flexibility index (Phi) is 6.09. The summed E-state index contributed by atoms with van der Waals surface area (Å²) in [5.74, 6) is 2.52. The van der Waals surface area contributed by atoms with Gasteiger partial charge in [-0.05, 0) is 49.1 Å². The molecule has 0 radical (unpaired) electrons. The van der Waals surface area contributed by atoms with Crippen LogP contribution in [0.4, 0.5) is 0 Å². The fourth-order valence-electron chi connectivity index (χ4n) is 3.53. The molecule has 1 heteroatoms. The van der Waals surface area contributed by atoms with Crippen LogP contribution in [0.2, 0.25) is 0 Å². The van der Waals surface area contributed by atoms with E-state index in [4.69, 9.17) is 0 Å². The highest BCUT2D eigenvalue weighted by Crippen LogP contribution is 2.50. The largest absolute Gasteiger partial charge is 0.314 e. The van der Waals surface area contributed by atoms with Crippen LogP contribution in [0.3, 0.4) is 0 Å². The lowest BCUT2D eigenvalue weighted by Gasteiger charge is -2.22. The number of benzene rings is 1. The summed E-state index contributed by atoms with van der Waals surface area (Å²) in [4.78, 5) is 0. The minimum Gasteiger partial charge on any atom is -0.314 e. The molecule has 0 saturated heterocycles. The van der Waals surface area contributed by atoms with E-state index in [9.17, 15) is 0 Å². The van der Waals surface area contributed by atoms with E-state index >= 15 is 0 Å². The maximum absolute atomic E-state index is 3.82. The molecule has 0 aliphatic heterocycles. The fraction of sp³-hybridized carbons (Fsp3) is 0.684. The summed E-state index contributed by atoms with van der Waals surface area (Å²) in [6.07, 6.45) is 6.65. The van der Waals surface area contributed by atoms with Gasteiger partial charge in [-0.25, -0.2) is 0 Å². The van der Waals surface area contributed by atoms with Crippen molar-refractivity contribution in [3.05, 3.63) is 35.9 Å². The highest BCUT2D eigenvalue weighted by atomic mass is 14.9. The average molecular weight is 273 g/mol. The second-order valence-electron chi connectivity index (χ2n) is 6.61. The van der Waals surface area contributed by atoms with Crippen LogP contribution in [0.1, 0.15) is 64.4 Å². The van der Waals surface area contributed by atoms with Crippen molar-refractivity contribution < 1.29 is 0 Å². The molecule has 2 rings (SSSR count). The van der Waals surface area contributed by atoms with Gasteiger partial charge in [0.25, 0.3) is 0 Å². The molecule has 0 heterocycles. The van der Waals surface area contributed by atoms with Gasteiger partial charge in [0, 0.05) is 6.04 Å². The van der Waals surface area contributed by atoms with Gasteiger partial charge < -0.3 is 5.32 Å². The summed E-state index contributed by atoms with van der Waals surface area (Å²) in [5.41, 5.74) is 1.55. The summed E-state index contributed by atoms with van der Waals surface area (Å²) in [7, 11) is 0. The average Bonchev–Trinajstić information content (AvgIpc) is 3.25. The van der Waals surface area contributed by atoms with Gasteiger partial charge in [-0.1, -0.05) is 63.9 Å². The molecular formula is C19H31N. The molecule has 20 heavy (non-hydrogen) atoms. The molecule has 4 unspecified atom stereocenters. The van der Waals surface area contributed by atoms with Crippen LogP contribution >= 0.6 is 0 Å². The number of hydrogen-bond donors (Lipinski definition) is 1. The van der Waals surface area contributed by atoms with E-state index in [1.54, 1.807) is 5.56 Å². The Hall–Kier alpha value is -0.820. The maximum atomic E-state index is 3.82. The second-order valence-corrected chi connectivity index (χ2v) is 6.61. The molecule has 1 aliphatic carbocycles. The zero-order chi connectivity index (χ0) is 14.4. The normalized spacial score (nSPS) is 24.4. The van der Waals surface area contributed by atoms with Crippen molar-refractivity contribution >= 4 is 0 Å². The van der Waals surface area contributed by atoms with Crippen LogP contribution in [0.5, 0.6) is 0 Å². The first-order valence-corrected chi connectivity index (χ1v) is 8.54. The molecular weight excluding hydrogens is 242 g/mol. The van der Waals surface area contributed by atoms with Gasteiger partial charge in [-0.2, -0.15) is 0 Å². The third kappa shape index (κ3) is 4.34. The van der Waals surface area contributed by atoms with Gasteiger partial charge in [-0.3, -0.25) is 0 Å². The molecule has 1 aromatic carbocycles. The molecule has 4 atom stereocenters. The molecule has 1 aliphatic rings. The standard InChI is InChI=1S/C19H31N/c1-4-9-15(3)13-19(20-12-5-2)18-14-17(18)16-10-7-6-8-11-16/h6-8,10-11,15,17-20H,4-5,9,12-14H2,1-3H3. The minimum absolute atomic E-state index is 0.724. The third-order valence-electron chi connectivity index (χ3n) is 4.68. The summed E-state index contributed by atoms with van der Waals surface area (Å²) in [6, 6.07) is 11.8. The third-order valence-corrected chi connectivity index (χ3v) is 4.68. The van der Waals surface area contributed by atoms with Gasteiger partial charge in [0.05, 0.1) is 0 Å². The predicted molar refractivity (Wildman–Crippen MR) is 88.1 cm³/mol. The van der Waals surface area contributed by atoms with E-state index < -0.39 is 0 Å². The summed E-state index contributed by atoms with van der Waals surface area (Å²) in [6.45, 7) is 8.15. The van der Waals surface area contributed by atoms with E-state index in [0.29, 0.717) is 0 Å². The lowest BCUT2D eigenvalue weighted by molar-refractivity contribution is 0.352. The van der Waals surface area contributed by atoms with Crippen LogP contribution in [-0.2, 0) is 0 Å². The highest BCUT2D eigenvalue weighted by Gasteiger charge is 2.43.